The summed E-state index contributed by atoms with van der Waals surface area (Å²) in [5.74, 6) is 0.708. The van der Waals surface area contributed by atoms with Gasteiger partial charge in [-0.3, -0.25) is 0 Å². The molecule has 0 aliphatic rings. The summed E-state index contributed by atoms with van der Waals surface area (Å²) in [6.07, 6.45) is 4.27. The standard InChI is InChI=1S/C13H18/c1-4-6-11(2)9-13-8-5-7-12(3)10-13/h4-5,7-8,10-11H,1,6,9H2,2-3H3. The molecule has 0 heteroatoms. The molecule has 0 nitrogen and oxygen atoms in total. The third-order valence-electron chi connectivity index (χ3n) is 2.24. The topological polar surface area (TPSA) is 0 Å². The van der Waals surface area contributed by atoms with Crippen LogP contribution in [0.3, 0.4) is 0 Å². The molecule has 0 radical (unpaired) electrons. The first-order valence-corrected chi connectivity index (χ1v) is 4.89. The Kier molecular flexibility index (Phi) is 3.75. The van der Waals surface area contributed by atoms with E-state index in [4.69, 9.17) is 0 Å². The fourth-order valence-electron chi connectivity index (χ4n) is 1.61. The van der Waals surface area contributed by atoms with Gasteiger partial charge in [0.1, 0.15) is 0 Å². The number of hydrogen-bond acceptors (Lipinski definition) is 0. The van der Waals surface area contributed by atoms with Gasteiger partial charge in [0, 0.05) is 0 Å². The molecule has 70 valence electrons. The largest absolute Gasteiger partial charge is 0.103 e. The summed E-state index contributed by atoms with van der Waals surface area (Å²) in [6.45, 7) is 8.17. The van der Waals surface area contributed by atoms with Gasteiger partial charge < -0.3 is 0 Å². The smallest absolute Gasteiger partial charge is 0.0250 e. The third kappa shape index (κ3) is 3.45. The number of hydrogen-bond donors (Lipinski definition) is 0. The van der Waals surface area contributed by atoms with E-state index >= 15 is 0 Å². The van der Waals surface area contributed by atoms with E-state index in [-0.39, 0.29) is 0 Å². The van der Waals surface area contributed by atoms with Gasteiger partial charge in [0.2, 0.25) is 0 Å². The lowest BCUT2D eigenvalue weighted by atomic mass is 9.97. The van der Waals surface area contributed by atoms with Gasteiger partial charge in [0.25, 0.3) is 0 Å². The first kappa shape index (κ1) is 10.0. The van der Waals surface area contributed by atoms with Gasteiger partial charge in [-0.1, -0.05) is 42.8 Å². The molecular weight excluding hydrogens is 156 g/mol. The fraction of sp³-hybridized carbons (Fsp3) is 0.385. The molecule has 1 rings (SSSR count). The van der Waals surface area contributed by atoms with Crippen LogP contribution in [0.5, 0.6) is 0 Å². The van der Waals surface area contributed by atoms with E-state index in [0.717, 1.165) is 12.8 Å². The molecule has 0 aromatic heterocycles. The summed E-state index contributed by atoms with van der Waals surface area (Å²) >= 11 is 0. The van der Waals surface area contributed by atoms with Crippen molar-refractivity contribution in [1.82, 2.24) is 0 Å². The molecule has 1 unspecified atom stereocenters. The van der Waals surface area contributed by atoms with E-state index in [9.17, 15) is 0 Å². The molecule has 0 spiro atoms. The average Bonchev–Trinajstić information content (AvgIpc) is 2.04. The van der Waals surface area contributed by atoms with Crippen LogP contribution in [0.1, 0.15) is 24.5 Å². The lowest BCUT2D eigenvalue weighted by molar-refractivity contribution is 0.590. The van der Waals surface area contributed by atoms with Crippen molar-refractivity contribution in [3.63, 3.8) is 0 Å². The van der Waals surface area contributed by atoms with Gasteiger partial charge in [-0.05, 0) is 31.2 Å². The van der Waals surface area contributed by atoms with Gasteiger partial charge in [-0.15, -0.1) is 6.58 Å². The molecule has 13 heavy (non-hydrogen) atoms. The fourth-order valence-corrected chi connectivity index (χ4v) is 1.61. The summed E-state index contributed by atoms with van der Waals surface area (Å²) in [6, 6.07) is 8.74. The second-order valence-corrected chi connectivity index (χ2v) is 3.82. The van der Waals surface area contributed by atoms with Crippen molar-refractivity contribution < 1.29 is 0 Å². The summed E-state index contributed by atoms with van der Waals surface area (Å²) in [5.41, 5.74) is 2.79. The molecule has 0 fully saturated rings. The highest BCUT2D eigenvalue weighted by molar-refractivity contribution is 5.22. The number of allylic oxidation sites excluding steroid dienone is 1. The van der Waals surface area contributed by atoms with Gasteiger partial charge in [0.15, 0.2) is 0 Å². The Labute approximate surface area is 81.3 Å². The Bertz CT molecular complexity index is 273. The van der Waals surface area contributed by atoms with Crippen molar-refractivity contribution in [3.8, 4) is 0 Å². The molecule has 1 atom stereocenters. The van der Waals surface area contributed by atoms with Crippen LogP contribution in [0.25, 0.3) is 0 Å². The molecule has 0 N–H and O–H groups in total. The predicted molar refractivity (Wildman–Crippen MR) is 58.9 cm³/mol. The minimum Gasteiger partial charge on any atom is -0.103 e. The Morgan fingerprint density at radius 2 is 2.23 bits per heavy atom. The quantitative estimate of drug-likeness (QED) is 0.610. The third-order valence-corrected chi connectivity index (χ3v) is 2.24. The highest BCUT2D eigenvalue weighted by Gasteiger charge is 2.00. The molecule has 1 aromatic carbocycles. The second-order valence-electron chi connectivity index (χ2n) is 3.82. The summed E-state index contributed by atoms with van der Waals surface area (Å²) in [5, 5.41) is 0. The molecule has 0 heterocycles. The highest BCUT2D eigenvalue weighted by Crippen LogP contribution is 2.13. The monoisotopic (exact) mass is 174 g/mol. The predicted octanol–water partition coefficient (Wildman–Crippen LogP) is 3.75. The van der Waals surface area contributed by atoms with Crippen molar-refractivity contribution in [2.24, 2.45) is 5.92 Å². The molecule has 0 saturated carbocycles. The maximum Gasteiger partial charge on any atom is -0.0250 e. The molecule has 0 amide bonds. The Morgan fingerprint density at radius 3 is 2.85 bits per heavy atom. The average molecular weight is 174 g/mol. The van der Waals surface area contributed by atoms with Crippen molar-refractivity contribution >= 4 is 0 Å². The van der Waals surface area contributed by atoms with E-state index in [1.54, 1.807) is 0 Å². The van der Waals surface area contributed by atoms with E-state index in [2.05, 4.69) is 44.7 Å². The second kappa shape index (κ2) is 4.86. The molecule has 0 aliphatic carbocycles. The van der Waals surface area contributed by atoms with Gasteiger partial charge in [0.05, 0.1) is 0 Å². The van der Waals surface area contributed by atoms with Gasteiger partial charge in [-0.2, -0.15) is 0 Å². The van der Waals surface area contributed by atoms with Crippen LogP contribution < -0.4 is 0 Å². The lowest BCUT2D eigenvalue weighted by Crippen LogP contribution is -1.98. The number of benzene rings is 1. The van der Waals surface area contributed by atoms with Crippen LogP contribution in [0.4, 0.5) is 0 Å². The molecule has 1 aromatic rings. The van der Waals surface area contributed by atoms with E-state index in [1.807, 2.05) is 6.08 Å². The lowest BCUT2D eigenvalue weighted by Gasteiger charge is -2.08. The van der Waals surface area contributed by atoms with Crippen LogP contribution in [-0.2, 0) is 6.42 Å². The SMILES string of the molecule is C=CCC(C)Cc1cccc(C)c1. The minimum atomic E-state index is 0.708. The molecule has 0 bridgehead atoms. The highest BCUT2D eigenvalue weighted by atomic mass is 14.1. The van der Waals surface area contributed by atoms with Crippen LogP contribution >= 0.6 is 0 Å². The Hall–Kier alpha value is -1.04. The van der Waals surface area contributed by atoms with E-state index in [0.29, 0.717) is 5.92 Å². The van der Waals surface area contributed by atoms with Gasteiger partial charge >= 0.3 is 0 Å². The molecule has 0 saturated heterocycles. The Morgan fingerprint density at radius 1 is 1.46 bits per heavy atom. The summed E-state index contributed by atoms with van der Waals surface area (Å²) in [7, 11) is 0. The van der Waals surface area contributed by atoms with Crippen LogP contribution in [0.15, 0.2) is 36.9 Å². The Balaban J connectivity index is 2.58. The van der Waals surface area contributed by atoms with E-state index in [1.165, 1.54) is 11.1 Å². The van der Waals surface area contributed by atoms with Gasteiger partial charge in [-0.25, -0.2) is 0 Å². The summed E-state index contributed by atoms with van der Waals surface area (Å²) < 4.78 is 0. The number of rotatable bonds is 4. The zero-order chi connectivity index (χ0) is 9.68. The zero-order valence-corrected chi connectivity index (χ0v) is 8.59. The van der Waals surface area contributed by atoms with Crippen molar-refractivity contribution in [1.29, 1.82) is 0 Å². The normalized spacial score (nSPS) is 12.5. The maximum atomic E-state index is 3.76. The zero-order valence-electron chi connectivity index (χ0n) is 8.59. The van der Waals surface area contributed by atoms with Crippen molar-refractivity contribution in [2.75, 3.05) is 0 Å². The first-order chi connectivity index (χ1) is 6.22. The summed E-state index contributed by atoms with van der Waals surface area (Å²) in [4.78, 5) is 0. The van der Waals surface area contributed by atoms with Crippen molar-refractivity contribution in [3.05, 3.63) is 48.0 Å². The van der Waals surface area contributed by atoms with Crippen LogP contribution in [0, 0.1) is 12.8 Å². The van der Waals surface area contributed by atoms with E-state index < -0.39 is 0 Å². The molecule has 0 aliphatic heterocycles. The molecular formula is C13H18. The minimum absolute atomic E-state index is 0.708. The number of aryl methyl sites for hydroxylation is 1. The van der Waals surface area contributed by atoms with Crippen LogP contribution in [0.2, 0.25) is 0 Å². The first-order valence-electron chi connectivity index (χ1n) is 4.89. The van der Waals surface area contributed by atoms with Crippen molar-refractivity contribution in [2.45, 2.75) is 26.7 Å². The van der Waals surface area contributed by atoms with Crippen LogP contribution in [-0.4, -0.2) is 0 Å². The maximum absolute atomic E-state index is 3.76.